The van der Waals surface area contributed by atoms with Crippen LogP contribution in [0.15, 0.2) is 35.7 Å². The zero-order chi connectivity index (χ0) is 16.2. The number of aryl methyl sites for hydroxylation is 1. The fraction of sp³-hybridized carbons (Fsp3) is 0.312. The molecule has 1 fully saturated rings. The molecule has 0 atom stereocenters. The first-order valence-electron chi connectivity index (χ1n) is 7.46. The van der Waals surface area contributed by atoms with Gasteiger partial charge < -0.3 is 9.80 Å². The van der Waals surface area contributed by atoms with Crippen LogP contribution in [0.3, 0.4) is 0 Å². The van der Waals surface area contributed by atoms with Gasteiger partial charge in [0.1, 0.15) is 0 Å². The third-order valence-corrected chi connectivity index (χ3v) is 4.60. The molecule has 1 N–H and O–H groups in total. The Bertz CT molecular complexity index is 693. The number of anilines is 2. The van der Waals surface area contributed by atoms with Crippen molar-refractivity contribution in [3.05, 3.63) is 41.4 Å². The summed E-state index contributed by atoms with van der Waals surface area (Å²) in [6.45, 7) is 4.37. The Morgan fingerprint density at radius 3 is 2.43 bits per heavy atom. The van der Waals surface area contributed by atoms with Gasteiger partial charge in [0.05, 0.1) is 5.69 Å². The van der Waals surface area contributed by atoms with Crippen LogP contribution >= 0.6 is 11.3 Å². The van der Waals surface area contributed by atoms with Gasteiger partial charge in [-0.3, -0.25) is 14.9 Å². The lowest BCUT2D eigenvalue weighted by molar-refractivity contribution is -0.143. The van der Waals surface area contributed by atoms with E-state index in [1.165, 1.54) is 11.3 Å². The van der Waals surface area contributed by atoms with Gasteiger partial charge in [-0.05, 0) is 19.1 Å². The van der Waals surface area contributed by atoms with Crippen molar-refractivity contribution in [3.63, 3.8) is 0 Å². The van der Waals surface area contributed by atoms with E-state index < -0.39 is 11.8 Å². The van der Waals surface area contributed by atoms with E-state index in [1.54, 1.807) is 4.90 Å². The quantitative estimate of drug-likeness (QED) is 0.852. The van der Waals surface area contributed by atoms with Crippen molar-refractivity contribution in [1.82, 2.24) is 9.88 Å². The van der Waals surface area contributed by atoms with Crippen molar-refractivity contribution in [2.75, 3.05) is 36.4 Å². The van der Waals surface area contributed by atoms with E-state index in [-0.39, 0.29) is 0 Å². The smallest absolute Gasteiger partial charge is 0.315 e. The Kier molecular flexibility index (Phi) is 4.57. The number of thiazole rings is 1. The maximum Gasteiger partial charge on any atom is 0.315 e. The molecule has 3 rings (SSSR count). The first-order chi connectivity index (χ1) is 11.1. The summed E-state index contributed by atoms with van der Waals surface area (Å²) >= 11 is 1.32. The summed E-state index contributed by atoms with van der Waals surface area (Å²) in [6, 6.07) is 10.1. The van der Waals surface area contributed by atoms with E-state index in [2.05, 4.69) is 27.3 Å². The van der Waals surface area contributed by atoms with Gasteiger partial charge in [-0.1, -0.05) is 18.2 Å². The topological polar surface area (TPSA) is 65.5 Å². The van der Waals surface area contributed by atoms with Crippen molar-refractivity contribution in [3.8, 4) is 0 Å². The first kappa shape index (κ1) is 15.5. The number of carbonyl (C=O) groups excluding carboxylic acids is 2. The lowest BCUT2D eigenvalue weighted by atomic mass is 10.2. The van der Waals surface area contributed by atoms with E-state index >= 15 is 0 Å². The zero-order valence-corrected chi connectivity index (χ0v) is 13.7. The average molecular weight is 330 g/mol. The van der Waals surface area contributed by atoms with Crippen LogP contribution < -0.4 is 10.2 Å². The van der Waals surface area contributed by atoms with Crippen LogP contribution in [0.5, 0.6) is 0 Å². The second-order valence-corrected chi connectivity index (χ2v) is 6.22. The number of para-hydroxylation sites is 1. The largest absolute Gasteiger partial charge is 0.368 e. The molecule has 2 aromatic rings. The molecule has 23 heavy (non-hydrogen) atoms. The van der Waals surface area contributed by atoms with Gasteiger partial charge in [0.15, 0.2) is 5.13 Å². The molecule has 1 aliphatic rings. The van der Waals surface area contributed by atoms with Gasteiger partial charge in [-0.25, -0.2) is 4.98 Å². The van der Waals surface area contributed by atoms with Gasteiger partial charge in [-0.2, -0.15) is 0 Å². The summed E-state index contributed by atoms with van der Waals surface area (Å²) < 4.78 is 0. The standard InChI is InChI=1S/C16H18N4O2S/c1-12-11-23-16(17-12)18-14(21)15(22)20-9-7-19(8-10-20)13-5-3-2-4-6-13/h2-6,11H,7-10H2,1H3,(H,17,18,21). The molecular formula is C16H18N4O2S. The number of aromatic nitrogens is 1. The normalized spacial score (nSPS) is 14.7. The lowest BCUT2D eigenvalue weighted by Crippen LogP contribution is -2.51. The summed E-state index contributed by atoms with van der Waals surface area (Å²) in [7, 11) is 0. The van der Waals surface area contributed by atoms with Crippen molar-refractivity contribution in [2.24, 2.45) is 0 Å². The Labute approximate surface area is 138 Å². The summed E-state index contributed by atoms with van der Waals surface area (Å²) in [5.74, 6) is -1.11. The molecule has 1 aromatic carbocycles. The van der Waals surface area contributed by atoms with Crippen molar-refractivity contribution in [2.45, 2.75) is 6.92 Å². The molecule has 0 saturated carbocycles. The predicted molar refractivity (Wildman–Crippen MR) is 90.7 cm³/mol. The second kappa shape index (κ2) is 6.78. The number of nitrogens with one attached hydrogen (secondary N) is 1. The molecule has 1 saturated heterocycles. The lowest BCUT2D eigenvalue weighted by Gasteiger charge is -2.35. The minimum atomic E-state index is -0.618. The molecule has 120 valence electrons. The average Bonchev–Trinajstić information content (AvgIpc) is 3.00. The molecule has 6 nitrogen and oxygen atoms in total. The number of benzene rings is 1. The van der Waals surface area contributed by atoms with Gasteiger partial charge in [0.2, 0.25) is 0 Å². The van der Waals surface area contributed by atoms with Crippen LogP contribution in [0.1, 0.15) is 5.69 Å². The van der Waals surface area contributed by atoms with E-state index in [1.807, 2.05) is 30.5 Å². The van der Waals surface area contributed by atoms with Gasteiger partial charge in [-0.15, -0.1) is 11.3 Å². The first-order valence-corrected chi connectivity index (χ1v) is 8.34. The Balaban J connectivity index is 1.54. The monoisotopic (exact) mass is 330 g/mol. The molecule has 0 radical (unpaired) electrons. The molecule has 1 aliphatic heterocycles. The van der Waals surface area contributed by atoms with Crippen molar-refractivity contribution in [1.29, 1.82) is 0 Å². The zero-order valence-electron chi connectivity index (χ0n) is 12.9. The maximum atomic E-state index is 12.2. The van der Waals surface area contributed by atoms with Crippen LogP contribution in [0.4, 0.5) is 10.8 Å². The third-order valence-electron chi connectivity index (χ3n) is 3.72. The summed E-state index contributed by atoms with van der Waals surface area (Å²) in [6.07, 6.45) is 0. The van der Waals surface area contributed by atoms with Crippen LogP contribution in [-0.4, -0.2) is 47.9 Å². The molecule has 0 spiro atoms. The molecule has 2 heterocycles. The molecular weight excluding hydrogens is 312 g/mol. The summed E-state index contributed by atoms with van der Waals surface area (Å²) in [4.78, 5) is 32.2. The molecule has 7 heteroatoms. The molecule has 0 bridgehead atoms. The number of piperazine rings is 1. The molecule has 2 amide bonds. The van der Waals surface area contributed by atoms with E-state index in [0.717, 1.165) is 24.5 Å². The van der Waals surface area contributed by atoms with Crippen molar-refractivity contribution < 1.29 is 9.59 Å². The van der Waals surface area contributed by atoms with Gasteiger partial charge in [0, 0.05) is 37.2 Å². The summed E-state index contributed by atoms with van der Waals surface area (Å²) in [5.41, 5.74) is 1.97. The highest BCUT2D eigenvalue weighted by Gasteiger charge is 2.26. The minimum Gasteiger partial charge on any atom is -0.368 e. The highest BCUT2D eigenvalue weighted by molar-refractivity contribution is 7.14. The predicted octanol–water partition coefficient (Wildman–Crippen LogP) is 1.74. The summed E-state index contributed by atoms with van der Waals surface area (Å²) in [5, 5.41) is 4.86. The Morgan fingerprint density at radius 2 is 1.83 bits per heavy atom. The van der Waals surface area contributed by atoms with E-state index in [9.17, 15) is 9.59 Å². The SMILES string of the molecule is Cc1csc(NC(=O)C(=O)N2CCN(c3ccccc3)CC2)n1. The fourth-order valence-electron chi connectivity index (χ4n) is 2.51. The van der Waals surface area contributed by atoms with Crippen molar-refractivity contribution >= 4 is 34.0 Å². The Morgan fingerprint density at radius 1 is 1.13 bits per heavy atom. The van der Waals surface area contributed by atoms with Crippen LogP contribution in [0.2, 0.25) is 0 Å². The maximum absolute atomic E-state index is 12.2. The number of nitrogens with zero attached hydrogens (tertiary/aromatic N) is 3. The Hall–Kier alpha value is -2.41. The molecule has 0 aliphatic carbocycles. The second-order valence-electron chi connectivity index (χ2n) is 5.36. The number of amides is 2. The highest BCUT2D eigenvalue weighted by Crippen LogP contribution is 2.17. The van der Waals surface area contributed by atoms with Crippen LogP contribution in [0.25, 0.3) is 0 Å². The number of hydrogen-bond donors (Lipinski definition) is 1. The fourth-order valence-corrected chi connectivity index (χ4v) is 3.20. The van der Waals surface area contributed by atoms with Gasteiger partial charge in [0.25, 0.3) is 0 Å². The minimum absolute atomic E-state index is 0.462. The number of rotatable bonds is 2. The molecule has 0 unspecified atom stereocenters. The van der Waals surface area contributed by atoms with E-state index in [4.69, 9.17) is 0 Å². The highest BCUT2D eigenvalue weighted by atomic mass is 32.1. The van der Waals surface area contributed by atoms with E-state index in [0.29, 0.717) is 18.2 Å². The van der Waals surface area contributed by atoms with Crippen LogP contribution in [-0.2, 0) is 9.59 Å². The van der Waals surface area contributed by atoms with Gasteiger partial charge >= 0.3 is 11.8 Å². The number of hydrogen-bond acceptors (Lipinski definition) is 5. The third kappa shape index (κ3) is 3.68. The number of carbonyl (C=O) groups is 2. The molecule has 1 aromatic heterocycles. The van der Waals surface area contributed by atoms with Crippen LogP contribution in [0, 0.1) is 6.92 Å².